The zero-order valence-electron chi connectivity index (χ0n) is 17.9. The molecule has 0 aromatic heterocycles. The van der Waals surface area contributed by atoms with Gasteiger partial charge in [-0.3, -0.25) is 0 Å². The molecule has 1 aliphatic heterocycles. The van der Waals surface area contributed by atoms with Gasteiger partial charge in [0.15, 0.2) is 11.5 Å². The average Bonchev–Trinajstić information content (AvgIpc) is 2.78. The molecular weight excluding hydrogens is 374 g/mol. The maximum atomic E-state index is 6.51. The molecule has 1 heterocycles. The molecule has 0 radical (unpaired) electrons. The van der Waals surface area contributed by atoms with Crippen LogP contribution in [0.25, 0.3) is 5.76 Å². The van der Waals surface area contributed by atoms with Gasteiger partial charge in [-0.2, -0.15) is 0 Å². The zero-order valence-corrected chi connectivity index (χ0v) is 17.9. The molecule has 0 amide bonds. The number of rotatable bonds is 6. The first kappa shape index (κ1) is 20.0. The number of hydrogen-bond donors (Lipinski definition) is 0. The molecule has 0 saturated heterocycles. The van der Waals surface area contributed by atoms with Crippen LogP contribution in [0.4, 0.5) is 0 Å². The Labute approximate surface area is 178 Å². The lowest BCUT2D eigenvalue weighted by molar-refractivity contribution is 0.354. The summed E-state index contributed by atoms with van der Waals surface area (Å²) < 4.78 is 17.5. The molecule has 1 atom stereocenters. The average molecular weight is 402 g/mol. The Hall–Kier alpha value is -3.24. The van der Waals surface area contributed by atoms with Gasteiger partial charge < -0.3 is 19.1 Å². The molecular formula is C26H27NO3. The molecule has 0 spiro atoms. The van der Waals surface area contributed by atoms with Crippen LogP contribution in [0.5, 0.6) is 17.2 Å². The molecule has 3 aromatic rings. The van der Waals surface area contributed by atoms with Crippen molar-refractivity contribution in [2.45, 2.75) is 5.92 Å². The summed E-state index contributed by atoms with van der Waals surface area (Å²) in [7, 11) is 7.47. The van der Waals surface area contributed by atoms with Gasteiger partial charge in [-0.15, -0.1) is 0 Å². The molecule has 0 N–H and O–H groups in total. The molecule has 0 bridgehead atoms. The molecule has 3 aromatic carbocycles. The second kappa shape index (κ2) is 8.64. The summed E-state index contributed by atoms with van der Waals surface area (Å²) in [6, 6.07) is 24.9. The molecule has 0 unspecified atom stereocenters. The van der Waals surface area contributed by atoms with Crippen molar-refractivity contribution in [2.24, 2.45) is 0 Å². The summed E-state index contributed by atoms with van der Waals surface area (Å²) in [6.45, 7) is 0.775. The molecule has 30 heavy (non-hydrogen) atoms. The third-order valence-electron chi connectivity index (χ3n) is 5.35. The van der Waals surface area contributed by atoms with Crippen molar-refractivity contribution in [3.63, 3.8) is 0 Å². The number of ether oxygens (including phenoxy) is 3. The number of benzene rings is 3. The van der Waals surface area contributed by atoms with Crippen LogP contribution in [0.2, 0.25) is 0 Å². The van der Waals surface area contributed by atoms with Crippen LogP contribution in [0.1, 0.15) is 22.6 Å². The Balaban J connectivity index is 1.95. The standard InChI is InChI=1S/C26H27NO3/c1-27(2)17-21-25(18-10-6-5-7-11-18)20-12-8-9-13-22(20)30-26(21)19-14-15-23(28-3)24(16-19)29-4/h5-16,25H,17H2,1-4H3/t25-/m1/s1. The second-order valence-corrected chi connectivity index (χ2v) is 7.65. The monoisotopic (exact) mass is 401 g/mol. The van der Waals surface area contributed by atoms with E-state index in [0.717, 1.165) is 23.6 Å². The van der Waals surface area contributed by atoms with Crippen molar-refractivity contribution < 1.29 is 14.2 Å². The minimum atomic E-state index is 0.113. The zero-order chi connectivity index (χ0) is 21.1. The van der Waals surface area contributed by atoms with E-state index in [1.165, 1.54) is 16.7 Å². The summed E-state index contributed by atoms with van der Waals surface area (Å²) in [5, 5.41) is 0. The number of methoxy groups -OCH3 is 2. The number of para-hydroxylation sites is 1. The Morgan fingerprint density at radius 2 is 1.53 bits per heavy atom. The fraction of sp³-hybridized carbons (Fsp3) is 0.231. The fourth-order valence-corrected chi connectivity index (χ4v) is 4.06. The van der Waals surface area contributed by atoms with Gasteiger partial charge in [-0.25, -0.2) is 0 Å². The van der Waals surface area contributed by atoms with Crippen molar-refractivity contribution in [2.75, 3.05) is 34.9 Å². The van der Waals surface area contributed by atoms with Crippen LogP contribution in [-0.2, 0) is 0 Å². The van der Waals surface area contributed by atoms with E-state index >= 15 is 0 Å². The quantitative estimate of drug-likeness (QED) is 0.568. The Kier molecular flexibility index (Phi) is 5.77. The van der Waals surface area contributed by atoms with Gasteiger partial charge in [0.1, 0.15) is 11.5 Å². The van der Waals surface area contributed by atoms with E-state index in [4.69, 9.17) is 14.2 Å². The van der Waals surface area contributed by atoms with Crippen molar-refractivity contribution in [1.82, 2.24) is 4.90 Å². The first-order valence-electron chi connectivity index (χ1n) is 10.0. The van der Waals surface area contributed by atoms with Crippen molar-refractivity contribution in [1.29, 1.82) is 0 Å². The molecule has 4 rings (SSSR count). The predicted molar refractivity (Wildman–Crippen MR) is 120 cm³/mol. The fourth-order valence-electron chi connectivity index (χ4n) is 4.06. The van der Waals surface area contributed by atoms with Crippen LogP contribution in [0.3, 0.4) is 0 Å². The van der Waals surface area contributed by atoms with Crippen LogP contribution in [-0.4, -0.2) is 39.8 Å². The summed E-state index contributed by atoms with van der Waals surface area (Å²) in [5.74, 6) is 3.26. The van der Waals surface area contributed by atoms with E-state index in [-0.39, 0.29) is 5.92 Å². The van der Waals surface area contributed by atoms with Crippen LogP contribution < -0.4 is 14.2 Å². The minimum Gasteiger partial charge on any atom is -0.493 e. The number of fused-ring (bicyclic) bond motifs is 1. The highest BCUT2D eigenvalue weighted by molar-refractivity contribution is 5.74. The van der Waals surface area contributed by atoms with E-state index in [1.54, 1.807) is 14.2 Å². The molecule has 4 nitrogen and oxygen atoms in total. The summed E-state index contributed by atoms with van der Waals surface area (Å²) in [4.78, 5) is 2.18. The lowest BCUT2D eigenvalue weighted by Crippen LogP contribution is -2.25. The normalized spacial score (nSPS) is 15.6. The van der Waals surface area contributed by atoms with Gasteiger partial charge in [0.25, 0.3) is 0 Å². The van der Waals surface area contributed by atoms with Crippen LogP contribution in [0, 0.1) is 0 Å². The summed E-state index contributed by atoms with van der Waals surface area (Å²) >= 11 is 0. The smallest absolute Gasteiger partial charge is 0.161 e. The third kappa shape index (κ3) is 3.79. The van der Waals surface area contributed by atoms with Crippen molar-refractivity contribution in [3.8, 4) is 17.2 Å². The molecule has 0 fully saturated rings. The third-order valence-corrected chi connectivity index (χ3v) is 5.35. The Morgan fingerprint density at radius 3 is 2.23 bits per heavy atom. The number of likely N-dealkylation sites (N-methyl/N-ethyl adjacent to an activating group) is 1. The molecule has 0 saturated carbocycles. The van der Waals surface area contributed by atoms with Gasteiger partial charge >= 0.3 is 0 Å². The first-order chi connectivity index (χ1) is 14.6. The van der Waals surface area contributed by atoms with Gasteiger partial charge in [0.2, 0.25) is 0 Å². The molecule has 1 aliphatic rings. The van der Waals surface area contributed by atoms with Crippen molar-refractivity contribution in [3.05, 3.63) is 95.1 Å². The van der Waals surface area contributed by atoms with Gasteiger partial charge in [0, 0.05) is 23.6 Å². The molecule has 154 valence electrons. The minimum absolute atomic E-state index is 0.113. The van der Waals surface area contributed by atoms with E-state index in [9.17, 15) is 0 Å². The Bertz CT molecular complexity index is 1060. The number of hydrogen-bond acceptors (Lipinski definition) is 4. The summed E-state index contributed by atoms with van der Waals surface area (Å²) in [6.07, 6.45) is 0. The topological polar surface area (TPSA) is 30.9 Å². The van der Waals surface area contributed by atoms with Crippen molar-refractivity contribution >= 4 is 5.76 Å². The lowest BCUT2D eigenvalue weighted by Gasteiger charge is -2.33. The molecule has 0 aliphatic carbocycles. The maximum absolute atomic E-state index is 6.51. The highest BCUT2D eigenvalue weighted by atomic mass is 16.5. The van der Waals surface area contributed by atoms with Crippen LogP contribution >= 0.6 is 0 Å². The van der Waals surface area contributed by atoms with E-state index in [0.29, 0.717) is 11.5 Å². The SMILES string of the molecule is COc1ccc(C2=C(CN(C)C)[C@H](c3ccccc3)c3ccccc3O2)cc1OC. The lowest BCUT2D eigenvalue weighted by atomic mass is 9.81. The van der Waals surface area contributed by atoms with Gasteiger partial charge in [0.05, 0.1) is 14.2 Å². The highest BCUT2D eigenvalue weighted by Crippen LogP contribution is 2.46. The maximum Gasteiger partial charge on any atom is 0.161 e. The second-order valence-electron chi connectivity index (χ2n) is 7.65. The predicted octanol–water partition coefficient (Wildman–Crippen LogP) is 5.20. The highest BCUT2D eigenvalue weighted by Gasteiger charge is 2.32. The summed E-state index contributed by atoms with van der Waals surface area (Å²) in [5.41, 5.74) is 4.63. The largest absolute Gasteiger partial charge is 0.493 e. The van der Waals surface area contributed by atoms with Gasteiger partial charge in [-0.1, -0.05) is 48.5 Å². The Morgan fingerprint density at radius 1 is 0.833 bits per heavy atom. The van der Waals surface area contributed by atoms with Gasteiger partial charge in [-0.05, 0) is 49.5 Å². The first-order valence-corrected chi connectivity index (χ1v) is 10.0. The van der Waals surface area contributed by atoms with Crippen LogP contribution in [0.15, 0.2) is 78.4 Å². The number of nitrogens with zero attached hydrogens (tertiary/aromatic N) is 1. The van der Waals surface area contributed by atoms with E-state index < -0.39 is 0 Å². The van der Waals surface area contributed by atoms with E-state index in [2.05, 4.69) is 61.5 Å². The van der Waals surface area contributed by atoms with E-state index in [1.807, 2.05) is 30.3 Å². The molecule has 4 heteroatoms.